The SMILES string of the molecule is COc1c(-c2cccc3[nH]c(-c4ccncc4)nc23)ccc(C(=O)N(C)c2ccc(C)cc2OCCCCC(=C=O)N2CCN(C)CC2)c1NC=O. The number of hydrogen-bond acceptors (Lipinski definition) is 9. The molecule has 2 amide bonds. The first-order valence-electron chi connectivity index (χ1n) is 17.3. The van der Waals surface area contributed by atoms with Crippen LogP contribution in [0.4, 0.5) is 11.4 Å². The Hall–Kier alpha value is -5.97. The number of carbonyl (C=O) groups excluding carboxylic acids is 3. The molecule has 3 heterocycles. The van der Waals surface area contributed by atoms with Crippen molar-refractivity contribution in [3.63, 3.8) is 0 Å². The minimum Gasteiger partial charge on any atom is -0.494 e. The number of benzene rings is 3. The van der Waals surface area contributed by atoms with E-state index in [1.165, 1.54) is 12.0 Å². The summed E-state index contributed by atoms with van der Waals surface area (Å²) in [6.07, 6.45) is 6.09. The highest BCUT2D eigenvalue weighted by Crippen LogP contribution is 2.42. The third-order valence-electron chi connectivity index (χ3n) is 9.40. The topological polar surface area (TPSA) is 133 Å². The zero-order chi connectivity index (χ0) is 36.6. The van der Waals surface area contributed by atoms with Crippen LogP contribution in [0.2, 0.25) is 0 Å². The number of amides is 2. The molecule has 0 atom stereocenters. The van der Waals surface area contributed by atoms with E-state index in [1.54, 1.807) is 25.5 Å². The molecule has 52 heavy (non-hydrogen) atoms. The molecule has 2 aromatic heterocycles. The van der Waals surface area contributed by atoms with Gasteiger partial charge in [0, 0.05) is 62.3 Å². The number of rotatable bonds is 14. The van der Waals surface area contributed by atoms with Crippen molar-refractivity contribution in [2.24, 2.45) is 0 Å². The van der Waals surface area contributed by atoms with Crippen molar-refractivity contribution in [3.8, 4) is 34.0 Å². The number of unbranched alkanes of at least 4 members (excludes halogenated alkanes) is 1. The van der Waals surface area contributed by atoms with Crippen molar-refractivity contribution in [1.29, 1.82) is 0 Å². The highest BCUT2D eigenvalue weighted by Gasteiger charge is 2.26. The fraction of sp³-hybridized carbons (Fsp3) is 0.300. The summed E-state index contributed by atoms with van der Waals surface area (Å²) in [5.74, 6) is 3.36. The van der Waals surface area contributed by atoms with E-state index in [9.17, 15) is 14.4 Å². The number of aromatic nitrogens is 3. The predicted octanol–water partition coefficient (Wildman–Crippen LogP) is 5.97. The molecule has 5 aromatic rings. The predicted molar refractivity (Wildman–Crippen MR) is 203 cm³/mol. The summed E-state index contributed by atoms with van der Waals surface area (Å²) < 4.78 is 12.1. The minimum atomic E-state index is -0.367. The van der Waals surface area contributed by atoms with Gasteiger partial charge in [-0.2, -0.15) is 0 Å². The monoisotopic (exact) mass is 701 g/mol. The van der Waals surface area contributed by atoms with Crippen molar-refractivity contribution in [1.82, 2.24) is 24.8 Å². The standard InChI is InChI=1S/C40H43N7O5/c1-27-11-14-34(35(24-27)52-23-6-5-8-29(25-48)47-21-19-45(2)20-22-47)46(3)40(50)32-13-12-31(38(51-4)37(32)42-26-49)30-9-7-10-33-36(30)44-39(43-33)28-15-17-41-18-16-28/h7,9-18,24,26H,5-6,8,19-23H2,1-4H3,(H,42,49)(H,43,44). The highest BCUT2D eigenvalue weighted by molar-refractivity contribution is 6.13. The van der Waals surface area contributed by atoms with Crippen LogP contribution in [-0.4, -0.2) is 97.0 Å². The zero-order valence-electron chi connectivity index (χ0n) is 29.9. The van der Waals surface area contributed by atoms with Crippen LogP contribution < -0.4 is 19.7 Å². The van der Waals surface area contributed by atoms with Gasteiger partial charge in [-0.25, -0.2) is 9.78 Å². The number of fused-ring (bicyclic) bond motifs is 1. The van der Waals surface area contributed by atoms with Gasteiger partial charge in [0.05, 0.1) is 47.4 Å². The molecule has 6 rings (SSSR count). The van der Waals surface area contributed by atoms with Crippen LogP contribution in [-0.2, 0) is 9.59 Å². The number of aryl methyl sites for hydroxylation is 1. The number of aromatic amines is 1. The van der Waals surface area contributed by atoms with E-state index >= 15 is 0 Å². The van der Waals surface area contributed by atoms with Gasteiger partial charge in [0.25, 0.3) is 5.91 Å². The Labute approximate surface area is 303 Å². The summed E-state index contributed by atoms with van der Waals surface area (Å²) in [6.45, 7) is 5.89. The second-order valence-corrected chi connectivity index (χ2v) is 12.8. The molecule has 0 spiro atoms. The molecule has 0 saturated carbocycles. The number of pyridine rings is 1. The largest absolute Gasteiger partial charge is 0.494 e. The Morgan fingerprint density at radius 3 is 2.56 bits per heavy atom. The molecule has 1 fully saturated rings. The van der Waals surface area contributed by atoms with E-state index in [0.29, 0.717) is 59.2 Å². The Bertz CT molecular complexity index is 2100. The van der Waals surface area contributed by atoms with Gasteiger partial charge in [-0.1, -0.05) is 18.2 Å². The second kappa shape index (κ2) is 16.4. The molecule has 12 heteroatoms. The number of hydrogen-bond donors (Lipinski definition) is 2. The van der Waals surface area contributed by atoms with E-state index in [2.05, 4.69) is 38.1 Å². The van der Waals surface area contributed by atoms with Crippen LogP contribution in [0.3, 0.4) is 0 Å². The van der Waals surface area contributed by atoms with E-state index in [0.717, 1.165) is 61.2 Å². The number of para-hydroxylation sites is 1. The summed E-state index contributed by atoms with van der Waals surface area (Å²) in [7, 11) is 5.26. The molecule has 1 aliphatic heterocycles. The van der Waals surface area contributed by atoms with Crippen LogP contribution >= 0.6 is 0 Å². The number of likely N-dealkylation sites (N-methyl/N-ethyl adjacent to an activating group) is 1. The summed E-state index contributed by atoms with van der Waals surface area (Å²) in [5, 5.41) is 2.73. The number of H-pyrrole nitrogens is 1. The van der Waals surface area contributed by atoms with Crippen LogP contribution in [0.5, 0.6) is 11.5 Å². The number of allylic oxidation sites excluding steroid dienone is 1. The van der Waals surface area contributed by atoms with Crippen LogP contribution in [0.25, 0.3) is 33.5 Å². The lowest BCUT2D eigenvalue weighted by Gasteiger charge is -2.34. The number of imidazole rings is 1. The molecule has 0 radical (unpaired) electrons. The minimum absolute atomic E-state index is 0.239. The number of nitrogens with one attached hydrogen (secondary N) is 2. The van der Waals surface area contributed by atoms with E-state index in [-0.39, 0.29) is 17.2 Å². The molecule has 1 saturated heterocycles. The van der Waals surface area contributed by atoms with Gasteiger partial charge in [-0.3, -0.25) is 14.6 Å². The van der Waals surface area contributed by atoms with Gasteiger partial charge in [-0.05, 0) is 81.3 Å². The number of piperazine rings is 1. The van der Waals surface area contributed by atoms with Crippen molar-refractivity contribution in [2.45, 2.75) is 26.2 Å². The lowest BCUT2D eigenvalue weighted by Crippen LogP contribution is -2.44. The van der Waals surface area contributed by atoms with Crippen LogP contribution in [0, 0.1) is 6.92 Å². The van der Waals surface area contributed by atoms with E-state index in [1.807, 2.05) is 61.5 Å². The number of carbonyl (C=O) groups is 2. The zero-order valence-corrected chi connectivity index (χ0v) is 29.9. The summed E-state index contributed by atoms with van der Waals surface area (Å²) in [4.78, 5) is 56.1. The lowest BCUT2D eigenvalue weighted by molar-refractivity contribution is -0.105. The number of anilines is 2. The molecular formula is C40H43N7O5. The van der Waals surface area contributed by atoms with E-state index in [4.69, 9.17) is 14.5 Å². The average molecular weight is 702 g/mol. The maximum atomic E-state index is 14.2. The molecule has 12 nitrogen and oxygen atoms in total. The van der Waals surface area contributed by atoms with Gasteiger partial charge in [0.2, 0.25) is 6.41 Å². The van der Waals surface area contributed by atoms with Crippen molar-refractivity contribution < 1.29 is 23.9 Å². The van der Waals surface area contributed by atoms with Gasteiger partial charge in [0.15, 0.2) is 5.75 Å². The molecule has 3 aromatic carbocycles. The van der Waals surface area contributed by atoms with E-state index < -0.39 is 0 Å². The third-order valence-corrected chi connectivity index (χ3v) is 9.40. The molecule has 268 valence electrons. The lowest BCUT2D eigenvalue weighted by atomic mass is 9.98. The Kier molecular flexibility index (Phi) is 11.3. The van der Waals surface area contributed by atoms with Gasteiger partial charge >= 0.3 is 0 Å². The quantitative estimate of drug-likeness (QED) is 0.0817. The molecule has 0 bridgehead atoms. The fourth-order valence-corrected chi connectivity index (χ4v) is 6.51. The van der Waals surface area contributed by atoms with Crippen molar-refractivity contribution >= 4 is 40.7 Å². The first kappa shape index (κ1) is 35.8. The first-order valence-corrected chi connectivity index (χ1v) is 17.3. The first-order chi connectivity index (χ1) is 25.3. The van der Waals surface area contributed by atoms with Gasteiger partial charge in [-0.15, -0.1) is 0 Å². The maximum absolute atomic E-state index is 14.2. The number of methoxy groups -OCH3 is 1. The Morgan fingerprint density at radius 1 is 1.04 bits per heavy atom. The van der Waals surface area contributed by atoms with Crippen molar-refractivity contribution in [2.75, 3.05) is 64.2 Å². The third kappa shape index (κ3) is 7.68. The highest BCUT2D eigenvalue weighted by atomic mass is 16.5. The second-order valence-electron chi connectivity index (χ2n) is 12.8. The normalized spacial score (nSPS) is 13.0. The van der Waals surface area contributed by atoms with Gasteiger partial charge in [0.1, 0.15) is 17.5 Å². The molecule has 2 N–H and O–H groups in total. The summed E-state index contributed by atoms with van der Waals surface area (Å²) >= 11 is 0. The number of ether oxygens (including phenoxy) is 2. The Balaban J connectivity index is 1.22. The van der Waals surface area contributed by atoms with Crippen molar-refractivity contribution in [3.05, 3.63) is 89.9 Å². The number of nitrogens with zero attached hydrogens (tertiary/aromatic N) is 5. The van der Waals surface area contributed by atoms with Gasteiger partial charge < -0.3 is 34.5 Å². The molecule has 1 aliphatic rings. The molecule has 0 aliphatic carbocycles. The molecule has 0 unspecified atom stereocenters. The van der Waals surface area contributed by atoms with Crippen LogP contribution in [0.1, 0.15) is 35.2 Å². The summed E-state index contributed by atoms with van der Waals surface area (Å²) in [5.41, 5.74) is 6.59. The smallest absolute Gasteiger partial charge is 0.260 e. The average Bonchev–Trinajstić information content (AvgIpc) is 3.62. The maximum Gasteiger partial charge on any atom is 0.260 e. The Morgan fingerprint density at radius 2 is 1.83 bits per heavy atom. The van der Waals surface area contributed by atoms with Crippen LogP contribution in [0.15, 0.2) is 78.8 Å². The fourth-order valence-electron chi connectivity index (χ4n) is 6.51. The molecular weight excluding hydrogens is 658 g/mol. The summed E-state index contributed by atoms with van der Waals surface area (Å²) in [6, 6.07) is 18.7.